The van der Waals surface area contributed by atoms with Gasteiger partial charge in [-0.2, -0.15) is 0 Å². The lowest BCUT2D eigenvalue weighted by molar-refractivity contribution is -0.00525. The first-order valence-electron chi connectivity index (χ1n) is 12.3. The van der Waals surface area contributed by atoms with Crippen LogP contribution < -0.4 is 4.90 Å². The standard InChI is InChI=1S/C26H43NO3S/c1-18(2)31(28,29)17-24-9-7-23(8-10-24)11-12-25-13-14-26(22(6)21(25)5)27-15-19(3)30-20(4)16-27/h13-14,18-20,23-24H,7-12,15-17H2,1-6H3/t19-,20+,23?,24?. The minimum atomic E-state index is -2.91. The van der Waals surface area contributed by atoms with Crippen LogP contribution in [0.2, 0.25) is 0 Å². The molecule has 1 aromatic rings. The van der Waals surface area contributed by atoms with Crippen LogP contribution in [0.25, 0.3) is 0 Å². The van der Waals surface area contributed by atoms with Crippen LogP contribution in [0.1, 0.15) is 76.5 Å². The molecule has 1 aliphatic carbocycles. The molecule has 0 radical (unpaired) electrons. The third-order valence-electron chi connectivity index (χ3n) is 7.61. The fourth-order valence-electron chi connectivity index (χ4n) is 5.42. The summed E-state index contributed by atoms with van der Waals surface area (Å²) in [5, 5.41) is -0.247. The van der Waals surface area contributed by atoms with Crippen molar-refractivity contribution in [1.82, 2.24) is 0 Å². The largest absolute Gasteiger partial charge is 0.372 e. The van der Waals surface area contributed by atoms with Gasteiger partial charge in [0.2, 0.25) is 0 Å². The number of hydrogen-bond acceptors (Lipinski definition) is 4. The van der Waals surface area contributed by atoms with Gasteiger partial charge >= 0.3 is 0 Å². The van der Waals surface area contributed by atoms with Crippen molar-refractivity contribution in [1.29, 1.82) is 0 Å². The Kier molecular flexibility index (Phi) is 8.12. The maximum absolute atomic E-state index is 12.2. The summed E-state index contributed by atoms with van der Waals surface area (Å²) in [5.41, 5.74) is 5.66. The zero-order valence-electron chi connectivity index (χ0n) is 20.5. The van der Waals surface area contributed by atoms with Crippen molar-refractivity contribution in [2.24, 2.45) is 11.8 Å². The van der Waals surface area contributed by atoms with E-state index in [0.717, 1.165) is 38.3 Å². The Morgan fingerprint density at radius 1 is 0.968 bits per heavy atom. The molecule has 176 valence electrons. The lowest BCUT2D eigenvalue weighted by Gasteiger charge is -2.38. The molecule has 1 aromatic carbocycles. The van der Waals surface area contributed by atoms with Gasteiger partial charge < -0.3 is 9.64 Å². The second-order valence-corrected chi connectivity index (χ2v) is 13.1. The molecule has 3 rings (SSSR count). The lowest BCUT2D eigenvalue weighted by atomic mass is 9.80. The number of aryl methyl sites for hydroxylation is 1. The van der Waals surface area contributed by atoms with E-state index in [-0.39, 0.29) is 17.5 Å². The van der Waals surface area contributed by atoms with Gasteiger partial charge in [0, 0.05) is 18.8 Å². The van der Waals surface area contributed by atoms with Gasteiger partial charge in [-0.1, -0.05) is 18.9 Å². The normalized spacial score (nSPS) is 27.6. The topological polar surface area (TPSA) is 46.6 Å². The molecule has 2 fully saturated rings. The van der Waals surface area contributed by atoms with Crippen molar-refractivity contribution in [3.05, 3.63) is 28.8 Å². The van der Waals surface area contributed by atoms with Crippen molar-refractivity contribution in [3.8, 4) is 0 Å². The maximum Gasteiger partial charge on any atom is 0.152 e. The molecule has 1 saturated carbocycles. The molecule has 2 atom stereocenters. The first-order chi connectivity index (χ1) is 14.6. The maximum atomic E-state index is 12.2. The van der Waals surface area contributed by atoms with Crippen molar-refractivity contribution in [2.45, 2.75) is 97.5 Å². The van der Waals surface area contributed by atoms with Crippen LogP contribution in [0, 0.1) is 25.7 Å². The molecule has 0 unspecified atom stereocenters. The molecule has 0 spiro atoms. The highest BCUT2D eigenvalue weighted by atomic mass is 32.2. The molecule has 0 bridgehead atoms. The predicted octanol–water partition coefficient (Wildman–Crippen LogP) is 5.48. The minimum absolute atomic E-state index is 0.247. The van der Waals surface area contributed by atoms with E-state index in [1.54, 1.807) is 13.8 Å². The number of nitrogens with zero attached hydrogens (tertiary/aromatic N) is 1. The van der Waals surface area contributed by atoms with Gasteiger partial charge in [-0.15, -0.1) is 0 Å². The minimum Gasteiger partial charge on any atom is -0.372 e. The van der Waals surface area contributed by atoms with Crippen LogP contribution in [0.15, 0.2) is 12.1 Å². The average Bonchev–Trinajstić information content (AvgIpc) is 2.69. The highest BCUT2D eigenvalue weighted by Gasteiger charge is 2.28. The second-order valence-electron chi connectivity index (χ2n) is 10.5. The molecular formula is C26H43NO3S. The Balaban J connectivity index is 1.54. The van der Waals surface area contributed by atoms with E-state index in [0.29, 0.717) is 11.7 Å². The smallest absolute Gasteiger partial charge is 0.152 e. The second kappa shape index (κ2) is 10.2. The summed E-state index contributed by atoms with van der Waals surface area (Å²) in [6.07, 6.45) is 7.39. The van der Waals surface area contributed by atoms with E-state index >= 15 is 0 Å². The van der Waals surface area contributed by atoms with Crippen molar-refractivity contribution < 1.29 is 13.2 Å². The van der Waals surface area contributed by atoms with Gasteiger partial charge in [-0.25, -0.2) is 8.42 Å². The SMILES string of the molecule is Cc1c(CCC2CCC(CS(=O)(=O)C(C)C)CC2)ccc(N2C[C@@H](C)O[C@@H](C)C2)c1C. The average molecular weight is 450 g/mol. The Morgan fingerprint density at radius 3 is 2.13 bits per heavy atom. The number of rotatable bonds is 7. The van der Waals surface area contributed by atoms with Gasteiger partial charge in [-0.3, -0.25) is 0 Å². The molecule has 4 nitrogen and oxygen atoms in total. The zero-order chi connectivity index (χ0) is 22.8. The van der Waals surface area contributed by atoms with Crippen LogP contribution in [-0.4, -0.2) is 44.7 Å². The van der Waals surface area contributed by atoms with Crippen molar-refractivity contribution in [2.75, 3.05) is 23.7 Å². The highest BCUT2D eigenvalue weighted by Crippen LogP contribution is 2.34. The summed E-state index contributed by atoms with van der Waals surface area (Å²) in [7, 11) is -2.91. The summed E-state index contributed by atoms with van der Waals surface area (Å²) in [6, 6.07) is 4.65. The number of benzene rings is 1. The van der Waals surface area contributed by atoms with Crippen LogP contribution in [0.5, 0.6) is 0 Å². The fraction of sp³-hybridized carbons (Fsp3) is 0.769. The molecular weight excluding hydrogens is 406 g/mol. The molecule has 0 N–H and O–H groups in total. The molecule has 31 heavy (non-hydrogen) atoms. The Hall–Kier alpha value is -1.07. The van der Waals surface area contributed by atoms with E-state index in [4.69, 9.17) is 4.74 Å². The van der Waals surface area contributed by atoms with E-state index in [2.05, 4.69) is 44.7 Å². The molecule has 5 heteroatoms. The van der Waals surface area contributed by atoms with Gasteiger partial charge in [0.25, 0.3) is 0 Å². The fourth-order valence-corrected chi connectivity index (χ4v) is 6.79. The Bertz CT molecular complexity index is 830. The summed E-state index contributed by atoms with van der Waals surface area (Å²) >= 11 is 0. The lowest BCUT2D eigenvalue weighted by Crippen LogP contribution is -2.45. The summed E-state index contributed by atoms with van der Waals surface area (Å²) in [5.74, 6) is 1.49. The molecule has 1 aliphatic heterocycles. The molecule has 0 aromatic heterocycles. The van der Waals surface area contributed by atoms with Gasteiger partial charge in [-0.05, 0) is 102 Å². The van der Waals surface area contributed by atoms with Gasteiger partial charge in [0.1, 0.15) is 0 Å². The molecule has 1 saturated heterocycles. The van der Waals surface area contributed by atoms with E-state index in [1.807, 2.05) is 0 Å². The third-order valence-corrected chi connectivity index (χ3v) is 9.98. The summed E-state index contributed by atoms with van der Waals surface area (Å²) < 4.78 is 30.4. The predicted molar refractivity (Wildman–Crippen MR) is 131 cm³/mol. The Morgan fingerprint density at radius 2 is 1.55 bits per heavy atom. The number of sulfone groups is 1. The highest BCUT2D eigenvalue weighted by molar-refractivity contribution is 7.91. The zero-order valence-corrected chi connectivity index (χ0v) is 21.3. The van der Waals surface area contributed by atoms with Crippen molar-refractivity contribution >= 4 is 15.5 Å². The van der Waals surface area contributed by atoms with E-state index < -0.39 is 9.84 Å². The van der Waals surface area contributed by atoms with Crippen LogP contribution >= 0.6 is 0 Å². The van der Waals surface area contributed by atoms with Crippen LogP contribution in [0.3, 0.4) is 0 Å². The summed E-state index contributed by atoms with van der Waals surface area (Å²) in [6.45, 7) is 14.4. The quantitative estimate of drug-likeness (QED) is 0.553. The number of ether oxygens (including phenoxy) is 1. The number of anilines is 1. The first kappa shape index (κ1) is 24.6. The molecule has 1 heterocycles. The van der Waals surface area contributed by atoms with E-state index in [9.17, 15) is 8.42 Å². The van der Waals surface area contributed by atoms with Gasteiger partial charge in [0.15, 0.2) is 9.84 Å². The number of morpholine rings is 1. The van der Waals surface area contributed by atoms with Crippen LogP contribution in [0.4, 0.5) is 5.69 Å². The number of hydrogen-bond donors (Lipinski definition) is 0. The molecule has 0 amide bonds. The van der Waals surface area contributed by atoms with E-state index in [1.165, 1.54) is 41.6 Å². The first-order valence-corrected chi connectivity index (χ1v) is 14.0. The monoisotopic (exact) mass is 449 g/mol. The summed E-state index contributed by atoms with van der Waals surface area (Å²) in [4.78, 5) is 2.48. The van der Waals surface area contributed by atoms with Gasteiger partial charge in [0.05, 0.1) is 23.2 Å². The van der Waals surface area contributed by atoms with Crippen molar-refractivity contribution in [3.63, 3.8) is 0 Å². The van der Waals surface area contributed by atoms with Crippen LogP contribution in [-0.2, 0) is 21.0 Å². The third kappa shape index (κ3) is 6.25. The molecule has 2 aliphatic rings. The Labute approximate surface area is 190 Å².